The van der Waals surface area contributed by atoms with Gasteiger partial charge in [-0.25, -0.2) is 18.5 Å². The highest BCUT2D eigenvalue weighted by Gasteiger charge is 2.30. The van der Waals surface area contributed by atoms with E-state index in [9.17, 15) is 21.6 Å². The molecule has 2 aromatic heterocycles. The van der Waals surface area contributed by atoms with Crippen LogP contribution < -0.4 is 5.14 Å². The molecule has 0 fully saturated rings. The summed E-state index contributed by atoms with van der Waals surface area (Å²) < 4.78 is 66.1. The lowest BCUT2D eigenvalue weighted by Gasteiger charge is -2.12. The number of primary sulfonamides is 1. The number of rotatable bonds is 3. The molecule has 2 N–H and O–H groups in total. The van der Waals surface area contributed by atoms with Crippen LogP contribution in [0.1, 0.15) is 11.3 Å². The van der Waals surface area contributed by atoms with E-state index in [2.05, 4.69) is 4.98 Å². The second-order valence-corrected chi connectivity index (χ2v) is 8.55. The maximum Gasteiger partial charge on any atom is 0.416 e. The van der Waals surface area contributed by atoms with Crippen LogP contribution in [0, 0.1) is 6.92 Å². The van der Waals surface area contributed by atoms with E-state index in [4.69, 9.17) is 5.14 Å². The van der Waals surface area contributed by atoms with Crippen molar-refractivity contribution >= 4 is 20.9 Å². The van der Waals surface area contributed by atoms with Crippen LogP contribution in [0.3, 0.4) is 0 Å². The molecular formula is C20H17F3N4O2S. The highest BCUT2D eigenvalue weighted by Crippen LogP contribution is 2.37. The summed E-state index contributed by atoms with van der Waals surface area (Å²) in [6.07, 6.45) is -1.01. The normalized spacial score (nSPS) is 12.6. The van der Waals surface area contributed by atoms with Crippen LogP contribution in [0.15, 0.2) is 59.9 Å². The predicted octanol–water partition coefficient (Wildman–Crippen LogP) is 4.01. The fraction of sp³-hybridized carbons (Fsp3) is 0.150. The van der Waals surface area contributed by atoms with E-state index in [0.717, 1.165) is 17.7 Å². The summed E-state index contributed by atoms with van der Waals surface area (Å²) in [5.41, 5.74) is 2.31. The maximum atomic E-state index is 13.0. The molecule has 4 aromatic rings. The molecule has 0 amide bonds. The van der Waals surface area contributed by atoms with Gasteiger partial charge in [0.15, 0.2) is 0 Å². The average molecular weight is 434 g/mol. The van der Waals surface area contributed by atoms with Gasteiger partial charge in [-0.1, -0.05) is 6.07 Å². The molecular weight excluding hydrogens is 417 g/mol. The molecule has 30 heavy (non-hydrogen) atoms. The number of imidazole rings is 1. The van der Waals surface area contributed by atoms with Crippen LogP contribution in [0.25, 0.3) is 27.8 Å². The number of hydrogen-bond donors (Lipinski definition) is 1. The number of benzene rings is 2. The Morgan fingerprint density at radius 3 is 2.27 bits per heavy atom. The minimum atomic E-state index is -4.45. The third-order valence-corrected chi connectivity index (χ3v) is 5.83. The lowest BCUT2D eigenvalue weighted by Crippen LogP contribution is -2.12. The van der Waals surface area contributed by atoms with Crippen molar-refractivity contribution in [3.8, 4) is 16.9 Å². The molecule has 0 radical (unpaired) electrons. The third kappa shape index (κ3) is 3.37. The molecule has 2 aromatic carbocycles. The van der Waals surface area contributed by atoms with Crippen LogP contribution >= 0.6 is 0 Å². The predicted molar refractivity (Wildman–Crippen MR) is 107 cm³/mol. The van der Waals surface area contributed by atoms with E-state index < -0.39 is 21.8 Å². The number of sulfonamides is 1. The molecule has 0 unspecified atom stereocenters. The van der Waals surface area contributed by atoms with Gasteiger partial charge in [-0.2, -0.15) is 13.2 Å². The van der Waals surface area contributed by atoms with E-state index in [0.29, 0.717) is 28.0 Å². The number of nitrogens with zero attached hydrogens (tertiary/aromatic N) is 3. The SMILES string of the molecule is Cc1c(-c2cn(C)cn2)c2ccc(S(N)(=O)=O)cc2n1-c1ccc(C(F)(F)F)cc1. The Morgan fingerprint density at radius 2 is 1.73 bits per heavy atom. The second kappa shape index (κ2) is 6.71. The highest BCUT2D eigenvalue weighted by molar-refractivity contribution is 7.89. The Bertz CT molecular complexity index is 1370. The molecule has 0 saturated carbocycles. The molecule has 0 aliphatic rings. The van der Waals surface area contributed by atoms with Gasteiger partial charge in [-0.05, 0) is 43.3 Å². The highest BCUT2D eigenvalue weighted by atomic mass is 32.2. The van der Waals surface area contributed by atoms with Crippen LogP contribution in [0.5, 0.6) is 0 Å². The summed E-state index contributed by atoms with van der Waals surface area (Å²) in [6, 6.07) is 9.13. The van der Waals surface area contributed by atoms with Crippen LogP contribution in [-0.2, 0) is 23.2 Å². The zero-order valence-corrected chi connectivity index (χ0v) is 16.8. The van der Waals surface area contributed by atoms with Gasteiger partial charge in [-0.15, -0.1) is 0 Å². The fourth-order valence-corrected chi connectivity index (χ4v) is 4.10. The maximum absolute atomic E-state index is 13.0. The molecule has 10 heteroatoms. The summed E-state index contributed by atoms with van der Waals surface area (Å²) in [7, 11) is -2.15. The zero-order chi connectivity index (χ0) is 21.8. The number of nitrogens with two attached hydrogens (primary N) is 1. The van der Waals surface area contributed by atoms with Gasteiger partial charge >= 0.3 is 6.18 Å². The monoisotopic (exact) mass is 434 g/mol. The molecule has 156 valence electrons. The Hall–Kier alpha value is -3.11. The van der Waals surface area contributed by atoms with Crippen molar-refractivity contribution in [1.82, 2.24) is 14.1 Å². The number of halogens is 3. The standard InChI is InChI=1S/C20H17F3N4O2S/c1-12-19(17-10-26(2)11-25-17)16-8-7-15(30(24,28)29)9-18(16)27(12)14-5-3-13(4-6-14)20(21,22)23/h3-11H,1-2H3,(H2,24,28,29). The summed E-state index contributed by atoms with van der Waals surface area (Å²) >= 11 is 0. The first-order valence-corrected chi connectivity index (χ1v) is 10.4. The Morgan fingerprint density at radius 1 is 1.07 bits per heavy atom. The van der Waals surface area contributed by atoms with Crippen molar-refractivity contribution in [3.63, 3.8) is 0 Å². The van der Waals surface area contributed by atoms with Gasteiger partial charge in [0.25, 0.3) is 0 Å². The number of alkyl halides is 3. The quantitative estimate of drug-likeness (QED) is 0.529. The van der Waals surface area contributed by atoms with E-state index in [1.165, 1.54) is 24.3 Å². The zero-order valence-electron chi connectivity index (χ0n) is 16.0. The molecule has 0 aliphatic carbocycles. The van der Waals surface area contributed by atoms with E-state index >= 15 is 0 Å². The van der Waals surface area contributed by atoms with Gasteiger partial charge in [0, 0.05) is 35.6 Å². The first kappa shape index (κ1) is 20.2. The van der Waals surface area contributed by atoms with Crippen LogP contribution in [0.4, 0.5) is 13.2 Å². The summed E-state index contributed by atoms with van der Waals surface area (Å²) in [4.78, 5) is 4.29. The number of fused-ring (bicyclic) bond motifs is 1. The van der Waals surface area contributed by atoms with E-state index in [-0.39, 0.29) is 4.90 Å². The van der Waals surface area contributed by atoms with E-state index in [1.807, 2.05) is 13.2 Å². The molecule has 0 spiro atoms. The van der Waals surface area contributed by atoms with Gasteiger partial charge in [-0.3, -0.25) is 0 Å². The second-order valence-electron chi connectivity index (χ2n) is 6.99. The fourth-order valence-electron chi connectivity index (χ4n) is 3.57. The van der Waals surface area contributed by atoms with Crippen LogP contribution in [0.2, 0.25) is 0 Å². The van der Waals surface area contributed by atoms with E-state index in [1.54, 1.807) is 28.5 Å². The molecule has 6 nitrogen and oxygen atoms in total. The third-order valence-electron chi connectivity index (χ3n) is 4.92. The Labute approximate surface area is 170 Å². The van der Waals surface area contributed by atoms with Crippen molar-refractivity contribution in [2.45, 2.75) is 18.0 Å². The van der Waals surface area contributed by atoms with Crippen LogP contribution in [-0.4, -0.2) is 22.5 Å². The first-order valence-electron chi connectivity index (χ1n) is 8.80. The molecule has 0 aliphatic heterocycles. The Kier molecular flexibility index (Phi) is 4.51. The molecule has 2 heterocycles. The number of aromatic nitrogens is 3. The number of aryl methyl sites for hydroxylation is 1. The first-order chi connectivity index (χ1) is 14.0. The minimum Gasteiger partial charge on any atom is -0.340 e. The summed E-state index contributed by atoms with van der Waals surface area (Å²) in [5, 5.41) is 5.99. The van der Waals surface area contributed by atoms with Crippen molar-refractivity contribution < 1.29 is 21.6 Å². The lowest BCUT2D eigenvalue weighted by molar-refractivity contribution is -0.137. The molecule has 0 bridgehead atoms. The largest absolute Gasteiger partial charge is 0.416 e. The van der Waals surface area contributed by atoms with Gasteiger partial charge in [0.05, 0.1) is 28.0 Å². The van der Waals surface area contributed by atoms with Gasteiger partial charge in [0.1, 0.15) is 0 Å². The smallest absolute Gasteiger partial charge is 0.340 e. The lowest BCUT2D eigenvalue weighted by atomic mass is 10.1. The summed E-state index contributed by atoms with van der Waals surface area (Å²) in [5.74, 6) is 0. The van der Waals surface area contributed by atoms with Crippen molar-refractivity contribution in [2.75, 3.05) is 0 Å². The number of hydrogen-bond acceptors (Lipinski definition) is 3. The Balaban J connectivity index is 2.03. The average Bonchev–Trinajstić information content (AvgIpc) is 3.19. The van der Waals surface area contributed by atoms with Gasteiger partial charge < -0.3 is 9.13 Å². The topological polar surface area (TPSA) is 82.9 Å². The van der Waals surface area contributed by atoms with Crippen molar-refractivity contribution in [2.24, 2.45) is 12.2 Å². The molecule has 0 saturated heterocycles. The molecule has 0 atom stereocenters. The molecule has 4 rings (SSSR count). The minimum absolute atomic E-state index is 0.0896. The van der Waals surface area contributed by atoms with Crippen molar-refractivity contribution in [1.29, 1.82) is 0 Å². The summed E-state index contributed by atoms with van der Waals surface area (Å²) in [6.45, 7) is 1.80. The van der Waals surface area contributed by atoms with Gasteiger partial charge in [0.2, 0.25) is 10.0 Å². The van der Waals surface area contributed by atoms with Crippen molar-refractivity contribution in [3.05, 3.63) is 66.2 Å².